The predicted octanol–water partition coefficient (Wildman–Crippen LogP) is 5.08. The van der Waals surface area contributed by atoms with E-state index in [1.54, 1.807) is 12.1 Å². The van der Waals surface area contributed by atoms with Crippen LogP contribution in [-0.2, 0) is 4.79 Å². The summed E-state index contributed by atoms with van der Waals surface area (Å²) in [6.07, 6.45) is 7.72. The van der Waals surface area contributed by atoms with Crippen LogP contribution in [0.4, 0.5) is 4.39 Å². The van der Waals surface area contributed by atoms with Gasteiger partial charge < -0.3 is 4.90 Å². The molecule has 2 fully saturated rings. The van der Waals surface area contributed by atoms with Crippen LogP contribution in [0, 0.1) is 5.82 Å². The van der Waals surface area contributed by atoms with Crippen molar-refractivity contribution < 1.29 is 9.18 Å². The van der Waals surface area contributed by atoms with E-state index >= 15 is 0 Å². The van der Waals surface area contributed by atoms with Crippen molar-refractivity contribution in [2.24, 2.45) is 0 Å². The van der Waals surface area contributed by atoms with Crippen molar-refractivity contribution in [1.29, 1.82) is 0 Å². The van der Waals surface area contributed by atoms with Crippen LogP contribution >= 0.6 is 11.8 Å². The molecule has 2 atom stereocenters. The molecule has 2 aliphatic rings. The summed E-state index contributed by atoms with van der Waals surface area (Å²) in [6, 6.07) is 7.55. The first kappa shape index (κ1) is 20.4. The van der Waals surface area contributed by atoms with E-state index in [1.807, 2.05) is 11.0 Å². The van der Waals surface area contributed by atoms with E-state index in [0.717, 1.165) is 43.7 Å². The highest BCUT2D eigenvalue weighted by Gasteiger charge is 2.30. The lowest BCUT2D eigenvalue weighted by molar-refractivity contribution is -0.134. The number of carbonyl (C=O) groups is 1. The van der Waals surface area contributed by atoms with E-state index in [0.29, 0.717) is 17.1 Å². The third-order valence-corrected chi connectivity index (χ3v) is 7.20. The largest absolute Gasteiger partial charge is 0.337 e. The topological polar surface area (TPSA) is 51.0 Å². The monoisotopic (exact) mass is 416 g/mol. The Balaban J connectivity index is 1.57. The maximum atomic E-state index is 14.4. The van der Waals surface area contributed by atoms with E-state index in [4.69, 9.17) is 0 Å². The molecule has 0 N–H and O–H groups in total. The van der Waals surface area contributed by atoms with Crippen LogP contribution in [-0.4, -0.2) is 43.4 Å². The number of hydrogen-bond acceptors (Lipinski definition) is 4. The van der Waals surface area contributed by atoms with E-state index in [1.165, 1.54) is 24.2 Å². The Morgan fingerprint density at radius 3 is 2.45 bits per heavy atom. The Hall–Kier alpha value is -1.89. The second-order valence-corrected chi connectivity index (χ2v) is 9.26. The maximum absolute atomic E-state index is 14.4. The van der Waals surface area contributed by atoms with E-state index in [9.17, 15) is 9.18 Å². The summed E-state index contributed by atoms with van der Waals surface area (Å²) in [4.78, 5) is 15.0. The first-order valence-electron chi connectivity index (χ1n) is 10.7. The number of piperidine rings is 1. The van der Waals surface area contributed by atoms with Crippen LogP contribution in [0.25, 0.3) is 11.4 Å². The molecule has 156 valence electrons. The summed E-state index contributed by atoms with van der Waals surface area (Å²) in [5, 5.41) is 9.43. The highest BCUT2D eigenvalue weighted by Crippen LogP contribution is 2.37. The van der Waals surface area contributed by atoms with Gasteiger partial charge in [-0.3, -0.25) is 9.36 Å². The molecule has 0 spiro atoms. The summed E-state index contributed by atoms with van der Waals surface area (Å²) in [5.41, 5.74) is 0.475. The van der Waals surface area contributed by atoms with Crippen LogP contribution in [0.3, 0.4) is 0 Å². The summed E-state index contributed by atoms with van der Waals surface area (Å²) in [5.74, 6) is 0.784. The molecule has 1 aliphatic carbocycles. The number of rotatable bonds is 5. The lowest BCUT2D eigenvalue weighted by Crippen LogP contribution is -2.48. The minimum Gasteiger partial charge on any atom is -0.337 e. The number of benzene rings is 1. The van der Waals surface area contributed by atoms with Gasteiger partial charge >= 0.3 is 0 Å². The van der Waals surface area contributed by atoms with E-state index < -0.39 is 0 Å². The van der Waals surface area contributed by atoms with Crippen molar-refractivity contribution >= 4 is 17.7 Å². The SMILES string of the molecule is CC1CCCC(C)N1C(=O)CSc1nnc(-c2ccccc2F)n1C1CCCC1. The molecule has 1 saturated carbocycles. The van der Waals surface area contributed by atoms with E-state index in [2.05, 4.69) is 28.6 Å². The molecule has 1 amide bonds. The zero-order valence-corrected chi connectivity index (χ0v) is 18.0. The summed E-state index contributed by atoms with van der Waals surface area (Å²) >= 11 is 1.44. The molecule has 2 aromatic rings. The average molecular weight is 417 g/mol. The molecule has 2 unspecified atom stereocenters. The van der Waals surface area contributed by atoms with Gasteiger partial charge in [0, 0.05) is 18.1 Å². The molecule has 0 bridgehead atoms. The average Bonchev–Trinajstić information content (AvgIpc) is 3.36. The molecule has 0 radical (unpaired) electrons. The first-order valence-corrected chi connectivity index (χ1v) is 11.7. The number of aromatic nitrogens is 3. The summed E-state index contributed by atoms with van der Waals surface area (Å²) in [6.45, 7) is 4.27. The van der Waals surface area contributed by atoms with Gasteiger partial charge in [0.15, 0.2) is 11.0 Å². The van der Waals surface area contributed by atoms with Gasteiger partial charge in [0.05, 0.1) is 11.3 Å². The van der Waals surface area contributed by atoms with Crippen molar-refractivity contribution in [2.45, 2.75) is 82.1 Å². The lowest BCUT2D eigenvalue weighted by Gasteiger charge is -2.39. The third kappa shape index (κ3) is 4.20. The van der Waals surface area contributed by atoms with Crippen molar-refractivity contribution in [3.05, 3.63) is 30.1 Å². The Morgan fingerprint density at radius 2 is 1.76 bits per heavy atom. The smallest absolute Gasteiger partial charge is 0.233 e. The maximum Gasteiger partial charge on any atom is 0.233 e. The van der Waals surface area contributed by atoms with Crippen LogP contribution in [0.5, 0.6) is 0 Å². The van der Waals surface area contributed by atoms with Crippen molar-refractivity contribution in [1.82, 2.24) is 19.7 Å². The van der Waals surface area contributed by atoms with Gasteiger partial charge in [-0.05, 0) is 58.1 Å². The predicted molar refractivity (Wildman–Crippen MR) is 113 cm³/mol. The van der Waals surface area contributed by atoms with Crippen molar-refractivity contribution in [3.8, 4) is 11.4 Å². The normalized spacial score (nSPS) is 22.9. The Bertz CT molecular complexity index is 854. The molecular weight excluding hydrogens is 387 g/mol. The van der Waals surface area contributed by atoms with Gasteiger partial charge in [-0.1, -0.05) is 36.7 Å². The Kier molecular flexibility index (Phi) is 6.23. The minimum absolute atomic E-state index is 0.156. The highest BCUT2D eigenvalue weighted by atomic mass is 32.2. The van der Waals surface area contributed by atoms with Crippen molar-refractivity contribution in [2.75, 3.05) is 5.75 Å². The van der Waals surface area contributed by atoms with Crippen LogP contribution in [0.1, 0.15) is 64.8 Å². The molecule has 2 heterocycles. The summed E-state index contributed by atoms with van der Waals surface area (Å²) in [7, 11) is 0. The van der Waals surface area contributed by atoms with Crippen LogP contribution in [0.2, 0.25) is 0 Å². The third-order valence-electron chi connectivity index (χ3n) is 6.28. The molecular formula is C22H29FN4OS. The van der Waals surface area contributed by atoms with Crippen LogP contribution < -0.4 is 0 Å². The Morgan fingerprint density at radius 1 is 1.07 bits per heavy atom. The fourth-order valence-electron chi connectivity index (χ4n) is 4.81. The number of carbonyl (C=O) groups excluding carboxylic acids is 1. The number of halogens is 1. The summed E-state index contributed by atoms with van der Waals surface area (Å²) < 4.78 is 16.5. The second-order valence-electron chi connectivity index (χ2n) is 8.31. The number of amides is 1. The standard InChI is InChI=1S/C22H29FN4OS/c1-15-8-7-9-16(2)26(15)20(28)14-29-22-25-24-21(18-12-5-6-13-19(18)23)27(22)17-10-3-4-11-17/h5-6,12-13,15-17H,3-4,7-11,14H2,1-2H3. The Labute approximate surface area is 176 Å². The second kappa shape index (κ2) is 8.86. The molecule has 4 rings (SSSR count). The van der Waals surface area contributed by atoms with Gasteiger partial charge in [-0.2, -0.15) is 0 Å². The zero-order chi connectivity index (χ0) is 20.4. The van der Waals surface area contributed by atoms with Gasteiger partial charge in [-0.15, -0.1) is 10.2 Å². The first-order chi connectivity index (χ1) is 14.1. The van der Waals surface area contributed by atoms with Gasteiger partial charge in [-0.25, -0.2) is 4.39 Å². The molecule has 1 aromatic heterocycles. The number of hydrogen-bond donors (Lipinski definition) is 0. The van der Waals surface area contributed by atoms with Crippen LogP contribution in [0.15, 0.2) is 29.4 Å². The van der Waals surface area contributed by atoms with E-state index in [-0.39, 0.29) is 29.8 Å². The number of nitrogens with zero attached hydrogens (tertiary/aromatic N) is 4. The van der Waals surface area contributed by atoms with Crippen molar-refractivity contribution in [3.63, 3.8) is 0 Å². The molecule has 1 saturated heterocycles. The van der Waals surface area contributed by atoms with Gasteiger partial charge in [0.2, 0.25) is 5.91 Å². The fraction of sp³-hybridized carbons (Fsp3) is 0.591. The van der Waals surface area contributed by atoms with Gasteiger partial charge in [0.25, 0.3) is 0 Å². The fourth-order valence-corrected chi connectivity index (χ4v) is 5.68. The lowest BCUT2D eigenvalue weighted by atomic mass is 9.98. The molecule has 1 aliphatic heterocycles. The van der Waals surface area contributed by atoms with Gasteiger partial charge in [0.1, 0.15) is 5.82 Å². The molecule has 29 heavy (non-hydrogen) atoms. The number of thioether (sulfide) groups is 1. The molecule has 7 heteroatoms. The highest BCUT2D eigenvalue weighted by molar-refractivity contribution is 7.99. The minimum atomic E-state index is -0.289. The molecule has 5 nitrogen and oxygen atoms in total. The molecule has 1 aromatic carbocycles. The quantitative estimate of drug-likeness (QED) is 0.638. The zero-order valence-electron chi connectivity index (χ0n) is 17.2. The number of likely N-dealkylation sites (tertiary alicyclic amines) is 1.